The molecule has 0 aliphatic heterocycles. The van der Waals surface area contributed by atoms with Crippen LogP contribution in [0.25, 0.3) is 0 Å². The number of hydrogen-bond acceptors (Lipinski definition) is 3. The third-order valence-corrected chi connectivity index (χ3v) is 2.96. The average Bonchev–Trinajstić information content (AvgIpc) is 2.38. The van der Waals surface area contributed by atoms with E-state index in [1.807, 2.05) is 20.8 Å². The first kappa shape index (κ1) is 16.4. The topological polar surface area (TPSA) is 50.4 Å². The SMILES string of the molecule is COc1ccc(C(C)NC(=O)CCNC(C)C)cc1F. The van der Waals surface area contributed by atoms with Crippen LogP contribution >= 0.6 is 0 Å². The summed E-state index contributed by atoms with van der Waals surface area (Å²) in [5.74, 6) is -0.275. The lowest BCUT2D eigenvalue weighted by Crippen LogP contribution is -2.32. The summed E-state index contributed by atoms with van der Waals surface area (Å²) < 4.78 is 18.5. The van der Waals surface area contributed by atoms with E-state index in [2.05, 4.69) is 10.6 Å². The maximum absolute atomic E-state index is 13.6. The van der Waals surface area contributed by atoms with Crippen molar-refractivity contribution in [3.63, 3.8) is 0 Å². The first-order valence-electron chi connectivity index (χ1n) is 6.80. The lowest BCUT2D eigenvalue weighted by atomic mass is 10.1. The van der Waals surface area contributed by atoms with Gasteiger partial charge in [0.2, 0.25) is 5.91 Å². The van der Waals surface area contributed by atoms with Crippen LogP contribution in [0.5, 0.6) is 5.75 Å². The lowest BCUT2D eigenvalue weighted by molar-refractivity contribution is -0.121. The van der Waals surface area contributed by atoms with Crippen LogP contribution in [0.2, 0.25) is 0 Å². The number of carbonyl (C=O) groups is 1. The molecule has 0 fully saturated rings. The fourth-order valence-corrected chi connectivity index (χ4v) is 1.82. The Hall–Kier alpha value is -1.62. The van der Waals surface area contributed by atoms with Gasteiger partial charge in [-0.3, -0.25) is 4.79 Å². The van der Waals surface area contributed by atoms with E-state index < -0.39 is 5.82 Å². The second-order valence-corrected chi connectivity index (χ2v) is 5.04. The summed E-state index contributed by atoms with van der Waals surface area (Å²) in [5.41, 5.74) is 0.716. The molecule has 0 radical (unpaired) electrons. The number of rotatable bonds is 7. The second-order valence-electron chi connectivity index (χ2n) is 5.04. The summed E-state index contributed by atoms with van der Waals surface area (Å²) in [7, 11) is 1.42. The Morgan fingerprint density at radius 3 is 2.60 bits per heavy atom. The number of halogens is 1. The summed E-state index contributed by atoms with van der Waals surface area (Å²) in [6, 6.07) is 4.82. The molecule has 112 valence electrons. The van der Waals surface area contributed by atoms with E-state index in [0.717, 1.165) is 0 Å². The van der Waals surface area contributed by atoms with E-state index in [1.165, 1.54) is 13.2 Å². The third-order valence-electron chi connectivity index (χ3n) is 2.96. The first-order valence-corrected chi connectivity index (χ1v) is 6.80. The molecule has 0 bridgehead atoms. The van der Waals surface area contributed by atoms with Gasteiger partial charge in [-0.25, -0.2) is 4.39 Å². The van der Waals surface area contributed by atoms with Gasteiger partial charge in [0, 0.05) is 19.0 Å². The molecule has 1 atom stereocenters. The molecule has 1 amide bonds. The quantitative estimate of drug-likeness (QED) is 0.807. The fraction of sp³-hybridized carbons (Fsp3) is 0.533. The second kappa shape index (κ2) is 7.85. The van der Waals surface area contributed by atoms with E-state index in [1.54, 1.807) is 12.1 Å². The number of amides is 1. The molecule has 0 spiro atoms. The standard InChI is InChI=1S/C15H23FN2O2/c1-10(2)17-8-7-15(19)18-11(3)12-5-6-14(20-4)13(16)9-12/h5-6,9-11,17H,7-8H2,1-4H3,(H,18,19). The molecule has 0 heterocycles. The Morgan fingerprint density at radius 1 is 1.35 bits per heavy atom. The summed E-state index contributed by atoms with van der Waals surface area (Å²) in [6.45, 7) is 6.52. The van der Waals surface area contributed by atoms with Gasteiger partial charge in [-0.15, -0.1) is 0 Å². The van der Waals surface area contributed by atoms with E-state index >= 15 is 0 Å². The first-order chi connectivity index (χ1) is 9.43. The summed E-state index contributed by atoms with van der Waals surface area (Å²) in [5, 5.41) is 6.02. The molecular formula is C15H23FN2O2. The van der Waals surface area contributed by atoms with Crippen molar-refractivity contribution in [3.8, 4) is 5.75 Å². The minimum absolute atomic E-state index is 0.0538. The number of hydrogen-bond donors (Lipinski definition) is 2. The van der Waals surface area contributed by atoms with Crippen molar-refractivity contribution < 1.29 is 13.9 Å². The Labute approximate surface area is 119 Å². The van der Waals surface area contributed by atoms with E-state index in [9.17, 15) is 9.18 Å². The molecule has 1 aromatic carbocycles. The Kier molecular flexibility index (Phi) is 6.45. The predicted molar refractivity (Wildman–Crippen MR) is 77.3 cm³/mol. The van der Waals surface area contributed by atoms with Crippen LogP contribution in [0.3, 0.4) is 0 Å². The highest BCUT2D eigenvalue weighted by atomic mass is 19.1. The van der Waals surface area contributed by atoms with Gasteiger partial charge >= 0.3 is 0 Å². The van der Waals surface area contributed by atoms with Gasteiger partial charge in [0.1, 0.15) is 0 Å². The number of nitrogens with one attached hydrogen (secondary N) is 2. The molecular weight excluding hydrogens is 259 g/mol. The third kappa shape index (κ3) is 5.17. The smallest absolute Gasteiger partial charge is 0.221 e. The Bertz CT molecular complexity index is 449. The number of methoxy groups -OCH3 is 1. The van der Waals surface area contributed by atoms with E-state index in [0.29, 0.717) is 24.6 Å². The van der Waals surface area contributed by atoms with Gasteiger partial charge in [0.15, 0.2) is 11.6 Å². The van der Waals surface area contributed by atoms with E-state index in [-0.39, 0.29) is 17.7 Å². The van der Waals surface area contributed by atoms with Gasteiger partial charge in [0.05, 0.1) is 13.2 Å². The van der Waals surface area contributed by atoms with Crippen LogP contribution in [0, 0.1) is 5.82 Å². The number of ether oxygens (including phenoxy) is 1. The Morgan fingerprint density at radius 2 is 2.05 bits per heavy atom. The molecule has 0 saturated carbocycles. The van der Waals surface area contributed by atoms with Crippen molar-refractivity contribution in [2.75, 3.05) is 13.7 Å². The van der Waals surface area contributed by atoms with E-state index in [4.69, 9.17) is 4.74 Å². The Balaban J connectivity index is 2.51. The van der Waals surface area contributed by atoms with Crippen molar-refractivity contribution in [2.45, 2.75) is 39.3 Å². The summed E-state index contributed by atoms with van der Waals surface area (Å²) in [4.78, 5) is 11.7. The lowest BCUT2D eigenvalue weighted by Gasteiger charge is -2.16. The van der Waals surface area contributed by atoms with Gasteiger partial charge < -0.3 is 15.4 Å². The molecule has 20 heavy (non-hydrogen) atoms. The van der Waals surface area contributed by atoms with Gasteiger partial charge in [-0.2, -0.15) is 0 Å². The van der Waals surface area contributed by atoms with Crippen molar-refractivity contribution in [3.05, 3.63) is 29.6 Å². The maximum atomic E-state index is 13.6. The molecule has 1 aromatic rings. The van der Waals surface area contributed by atoms with Gasteiger partial charge in [-0.1, -0.05) is 19.9 Å². The molecule has 2 N–H and O–H groups in total. The number of carbonyl (C=O) groups excluding carboxylic acids is 1. The highest BCUT2D eigenvalue weighted by molar-refractivity contribution is 5.76. The monoisotopic (exact) mass is 282 g/mol. The summed E-state index contributed by atoms with van der Waals surface area (Å²) >= 11 is 0. The minimum Gasteiger partial charge on any atom is -0.494 e. The predicted octanol–water partition coefficient (Wildman–Crippen LogP) is 2.40. The van der Waals surface area contributed by atoms with Crippen molar-refractivity contribution in [1.29, 1.82) is 0 Å². The van der Waals surface area contributed by atoms with Crippen LogP contribution in [0.1, 0.15) is 38.8 Å². The van der Waals surface area contributed by atoms with Crippen LogP contribution in [-0.4, -0.2) is 25.6 Å². The van der Waals surface area contributed by atoms with Crippen LogP contribution in [-0.2, 0) is 4.79 Å². The largest absolute Gasteiger partial charge is 0.494 e. The molecule has 0 aliphatic rings. The maximum Gasteiger partial charge on any atom is 0.221 e. The molecule has 0 aromatic heterocycles. The summed E-state index contributed by atoms with van der Waals surface area (Å²) in [6.07, 6.45) is 0.404. The highest BCUT2D eigenvalue weighted by Gasteiger charge is 2.12. The van der Waals surface area contributed by atoms with Crippen molar-refractivity contribution in [1.82, 2.24) is 10.6 Å². The van der Waals surface area contributed by atoms with Crippen molar-refractivity contribution >= 4 is 5.91 Å². The molecule has 5 heteroatoms. The molecule has 4 nitrogen and oxygen atoms in total. The zero-order valence-corrected chi connectivity index (χ0v) is 12.5. The minimum atomic E-state index is -0.424. The van der Waals surface area contributed by atoms with Crippen LogP contribution in [0.4, 0.5) is 4.39 Å². The zero-order chi connectivity index (χ0) is 15.1. The van der Waals surface area contributed by atoms with Gasteiger partial charge in [0.25, 0.3) is 0 Å². The average molecular weight is 282 g/mol. The van der Waals surface area contributed by atoms with Crippen LogP contribution in [0.15, 0.2) is 18.2 Å². The van der Waals surface area contributed by atoms with Gasteiger partial charge in [-0.05, 0) is 24.6 Å². The highest BCUT2D eigenvalue weighted by Crippen LogP contribution is 2.21. The number of benzene rings is 1. The van der Waals surface area contributed by atoms with Crippen molar-refractivity contribution in [2.24, 2.45) is 0 Å². The molecule has 1 unspecified atom stereocenters. The molecule has 1 rings (SSSR count). The fourth-order valence-electron chi connectivity index (χ4n) is 1.82. The zero-order valence-electron chi connectivity index (χ0n) is 12.5. The molecule has 0 aliphatic carbocycles. The van der Waals surface area contributed by atoms with Crippen LogP contribution < -0.4 is 15.4 Å². The normalized spacial score (nSPS) is 12.3. The molecule has 0 saturated heterocycles.